The number of amides is 1. The number of ether oxygens (including phenoxy) is 2. The second kappa shape index (κ2) is 9.99. The second-order valence-corrected chi connectivity index (χ2v) is 5.71. The van der Waals surface area contributed by atoms with Crippen molar-refractivity contribution in [2.75, 3.05) is 19.8 Å². The Kier molecular flexibility index (Phi) is 8.70. The van der Waals surface area contributed by atoms with Crippen molar-refractivity contribution < 1.29 is 39.5 Å². The van der Waals surface area contributed by atoms with Crippen LogP contribution in [0.3, 0.4) is 0 Å². The largest absolute Gasteiger partial charge is 0.394 e. The molecule has 0 aromatic carbocycles. The van der Waals surface area contributed by atoms with Gasteiger partial charge in [-0.2, -0.15) is 0 Å². The summed E-state index contributed by atoms with van der Waals surface area (Å²) in [5.41, 5.74) is 0. The van der Waals surface area contributed by atoms with Gasteiger partial charge in [0.15, 0.2) is 6.29 Å². The third kappa shape index (κ3) is 5.74. The van der Waals surface area contributed by atoms with Gasteiger partial charge in [0.05, 0.1) is 25.4 Å². The number of aliphatic hydroxyl groups excluding tert-OH is 4. The van der Waals surface area contributed by atoms with Crippen LogP contribution in [0.1, 0.15) is 13.8 Å². The van der Waals surface area contributed by atoms with E-state index in [9.17, 15) is 24.9 Å². The lowest BCUT2D eigenvalue weighted by molar-refractivity contribution is -0.267. The zero-order chi connectivity index (χ0) is 18.3. The molecule has 0 aromatic rings. The smallest absolute Gasteiger partial charge is 0.217 e. The summed E-state index contributed by atoms with van der Waals surface area (Å²) in [7, 11) is 0. The maximum Gasteiger partial charge on any atom is 0.217 e. The Balaban J connectivity index is 2.75. The molecule has 0 aromatic heterocycles. The van der Waals surface area contributed by atoms with Gasteiger partial charge < -0.3 is 45.3 Å². The molecule has 6 N–H and O–H groups in total. The molecule has 0 radical (unpaired) electrons. The van der Waals surface area contributed by atoms with E-state index in [1.165, 1.54) is 6.92 Å². The van der Waals surface area contributed by atoms with Crippen LogP contribution in [-0.2, 0) is 19.1 Å². The number of carbonyl (C=O) groups excluding carboxylic acids is 2. The molecule has 0 aliphatic carbocycles. The Morgan fingerprint density at radius 2 is 2.04 bits per heavy atom. The van der Waals surface area contributed by atoms with Gasteiger partial charge in [-0.25, -0.2) is 0 Å². The van der Waals surface area contributed by atoms with Crippen LogP contribution in [0.5, 0.6) is 0 Å². The van der Waals surface area contributed by atoms with Crippen LogP contribution < -0.4 is 10.6 Å². The monoisotopic (exact) mass is 350 g/mol. The predicted molar refractivity (Wildman–Crippen MR) is 80.9 cm³/mol. The summed E-state index contributed by atoms with van der Waals surface area (Å²) < 4.78 is 10.8. The Morgan fingerprint density at radius 1 is 1.38 bits per heavy atom. The van der Waals surface area contributed by atoms with E-state index in [1.54, 1.807) is 6.92 Å². The number of nitrogens with one attached hydrogen (secondary N) is 2. The Morgan fingerprint density at radius 3 is 2.54 bits per heavy atom. The van der Waals surface area contributed by atoms with Crippen molar-refractivity contribution in [1.82, 2.24) is 10.6 Å². The molecule has 140 valence electrons. The number of hydrogen-bond acceptors (Lipinski definition) is 9. The first-order chi connectivity index (χ1) is 11.3. The zero-order valence-corrected chi connectivity index (χ0v) is 13.7. The van der Waals surface area contributed by atoms with Crippen LogP contribution in [0.2, 0.25) is 0 Å². The summed E-state index contributed by atoms with van der Waals surface area (Å²) in [4.78, 5) is 22.0. The Labute approximate surface area is 139 Å². The predicted octanol–water partition coefficient (Wildman–Crippen LogP) is -3.52. The summed E-state index contributed by atoms with van der Waals surface area (Å²) in [6.45, 7) is 2.18. The summed E-state index contributed by atoms with van der Waals surface area (Å²) in [5.74, 6) is -0.446. The van der Waals surface area contributed by atoms with E-state index in [1.807, 2.05) is 0 Å². The lowest BCUT2D eigenvalue weighted by atomic mass is 9.96. The van der Waals surface area contributed by atoms with Gasteiger partial charge in [0, 0.05) is 13.5 Å². The van der Waals surface area contributed by atoms with Gasteiger partial charge in [0.1, 0.15) is 30.6 Å². The molecule has 1 fully saturated rings. The Hall–Kier alpha value is -1.14. The fourth-order valence-corrected chi connectivity index (χ4v) is 2.42. The molecule has 0 spiro atoms. The molecular weight excluding hydrogens is 324 g/mol. The van der Waals surface area contributed by atoms with Gasteiger partial charge in [-0.3, -0.25) is 4.79 Å². The molecule has 0 saturated carbocycles. The summed E-state index contributed by atoms with van der Waals surface area (Å²) >= 11 is 0. The SMILES string of the molecule is CC(=O)N[C@@H]1[C@@H](OC(C)CN[C@H](C=O)CO)[C@H](O)[C@@H](CO)O[C@@H]1O. The number of carbonyl (C=O) groups is 2. The van der Waals surface area contributed by atoms with E-state index in [2.05, 4.69) is 10.6 Å². The molecule has 1 rings (SSSR count). The number of aliphatic hydroxyl groups is 4. The highest BCUT2D eigenvalue weighted by Crippen LogP contribution is 2.23. The van der Waals surface area contributed by atoms with E-state index in [0.29, 0.717) is 6.29 Å². The fraction of sp³-hybridized carbons (Fsp3) is 0.857. The van der Waals surface area contributed by atoms with Crippen LogP contribution in [-0.4, -0.2) is 95.2 Å². The van der Waals surface area contributed by atoms with Gasteiger partial charge in [-0.1, -0.05) is 0 Å². The first-order valence-electron chi connectivity index (χ1n) is 7.68. The highest BCUT2D eigenvalue weighted by atomic mass is 16.6. The van der Waals surface area contributed by atoms with Gasteiger partial charge in [0.2, 0.25) is 5.91 Å². The van der Waals surface area contributed by atoms with Gasteiger partial charge in [-0.15, -0.1) is 0 Å². The van der Waals surface area contributed by atoms with Crippen molar-refractivity contribution in [3.8, 4) is 0 Å². The zero-order valence-electron chi connectivity index (χ0n) is 13.7. The summed E-state index contributed by atoms with van der Waals surface area (Å²) in [6, 6.07) is -1.76. The first-order valence-corrected chi connectivity index (χ1v) is 7.68. The quantitative estimate of drug-likeness (QED) is 0.232. The van der Waals surface area contributed by atoms with E-state index in [4.69, 9.17) is 14.6 Å². The van der Waals surface area contributed by atoms with Crippen LogP contribution in [0.25, 0.3) is 0 Å². The van der Waals surface area contributed by atoms with Gasteiger partial charge in [0.25, 0.3) is 0 Å². The van der Waals surface area contributed by atoms with Gasteiger partial charge in [-0.05, 0) is 6.92 Å². The highest BCUT2D eigenvalue weighted by Gasteiger charge is 2.46. The second-order valence-electron chi connectivity index (χ2n) is 5.71. The molecule has 1 unspecified atom stereocenters. The van der Waals surface area contributed by atoms with Crippen LogP contribution in [0, 0.1) is 0 Å². The average Bonchev–Trinajstić information content (AvgIpc) is 2.54. The lowest BCUT2D eigenvalue weighted by Crippen LogP contribution is -2.65. The van der Waals surface area contributed by atoms with E-state index < -0.39 is 55.3 Å². The maximum absolute atomic E-state index is 11.3. The average molecular weight is 350 g/mol. The number of rotatable bonds is 9. The molecule has 1 aliphatic rings. The lowest BCUT2D eigenvalue weighted by Gasteiger charge is -2.43. The molecule has 1 heterocycles. The third-order valence-electron chi connectivity index (χ3n) is 3.66. The van der Waals surface area contributed by atoms with Crippen LogP contribution in [0.15, 0.2) is 0 Å². The summed E-state index contributed by atoms with van der Waals surface area (Å²) in [5, 5.41) is 43.6. The number of hydrogen-bond donors (Lipinski definition) is 6. The summed E-state index contributed by atoms with van der Waals surface area (Å²) in [6.07, 6.45) is -4.80. The molecule has 7 atom stereocenters. The maximum atomic E-state index is 11.3. The van der Waals surface area contributed by atoms with Crippen molar-refractivity contribution >= 4 is 12.2 Å². The standard InChI is InChI=1S/C14H26N2O8/c1-7(3-15-9(4-17)5-18)23-13-11(16-8(2)20)14(22)24-10(6-19)12(13)21/h4,7,9-15,18-19,21-22H,3,5-6H2,1-2H3,(H,16,20)/t7?,9-,10-,11-,12-,13-,14+/m1/s1. The molecule has 1 saturated heterocycles. The highest BCUT2D eigenvalue weighted by molar-refractivity contribution is 5.73. The number of aldehydes is 1. The van der Waals surface area contributed by atoms with Crippen molar-refractivity contribution in [2.24, 2.45) is 0 Å². The van der Waals surface area contributed by atoms with Crippen LogP contribution >= 0.6 is 0 Å². The minimum absolute atomic E-state index is 0.181. The van der Waals surface area contributed by atoms with Crippen molar-refractivity contribution in [1.29, 1.82) is 0 Å². The third-order valence-corrected chi connectivity index (χ3v) is 3.66. The normalized spacial score (nSPS) is 32.8. The minimum atomic E-state index is -1.46. The molecule has 24 heavy (non-hydrogen) atoms. The fourth-order valence-electron chi connectivity index (χ4n) is 2.42. The van der Waals surface area contributed by atoms with Crippen LogP contribution in [0.4, 0.5) is 0 Å². The first kappa shape index (κ1) is 20.9. The molecular formula is C14H26N2O8. The molecule has 0 bridgehead atoms. The Bertz CT molecular complexity index is 410. The van der Waals surface area contributed by atoms with Gasteiger partial charge >= 0.3 is 0 Å². The molecule has 10 nitrogen and oxygen atoms in total. The topological polar surface area (TPSA) is 158 Å². The van der Waals surface area contributed by atoms with Crippen molar-refractivity contribution in [2.45, 2.75) is 56.6 Å². The van der Waals surface area contributed by atoms with E-state index in [-0.39, 0.29) is 13.2 Å². The van der Waals surface area contributed by atoms with E-state index in [0.717, 1.165) is 0 Å². The molecule has 1 aliphatic heterocycles. The van der Waals surface area contributed by atoms with Crippen molar-refractivity contribution in [3.63, 3.8) is 0 Å². The molecule has 10 heteroatoms. The van der Waals surface area contributed by atoms with E-state index >= 15 is 0 Å². The molecule has 1 amide bonds. The van der Waals surface area contributed by atoms with Crippen molar-refractivity contribution in [3.05, 3.63) is 0 Å². The minimum Gasteiger partial charge on any atom is -0.394 e.